The molecule has 1 aliphatic heterocycles. The largest absolute Gasteiger partial charge is 0.365 e. The monoisotopic (exact) mass is 401 g/mol. The first-order valence-corrected chi connectivity index (χ1v) is 9.82. The molecule has 2 heterocycles. The van der Waals surface area contributed by atoms with Crippen molar-refractivity contribution in [2.45, 2.75) is 45.8 Å². The number of carbonyl (C=O) groups excluding carboxylic acids is 2. The van der Waals surface area contributed by atoms with E-state index in [4.69, 9.17) is 17.3 Å². The summed E-state index contributed by atoms with van der Waals surface area (Å²) in [5.41, 5.74) is 8.23. The lowest BCUT2D eigenvalue weighted by Gasteiger charge is -2.43. The van der Waals surface area contributed by atoms with Gasteiger partial charge < -0.3 is 16.0 Å². The van der Waals surface area contributed by atoms with E-state index in [9.17, 15) is 9.59 Å². The fraction of sp³-hybridized carbons (Fsp3) is 0.450. The Labute approximate surface area is 168 Å². The third kappa shape index (κ3) is 3.46. The fourth-order valence-corrected chi connectivity index (χ4v) is 4.42. The zero-order chi connectivity index (χ0) is 20.1. The number of fused-ring (bicyclic) bond motifs is 1. The Morgan fingerprint density at radius 2 is 2.04 bits per heavy atom. The van der Waals surface area contributed by atoms with Crippen LogP contribution in [-0.2, 0) is 13.1 Å². The molecule has 0 unspecified atom stereocenters. The minimum absolute atomic E-state index is 0.104. The van der Waals surface area contributed by atoms with Crippen molar-refractivity contribution in [3.05, 3.63) is 40.5 Å². The summed E-state index contributed by atoms with van der Waals surface area (Å²) in [6.45, 7) is 5.74. The number of rotatable bonds is 3. The van der Waals surface area contributed by atoms with Gasteiger partial charge in [-0.15, -0.1) is 0 Å². The van der Waals surface area contributed by atoms with Crippen molar-refractivity contribution < 1.29 is 9.59 Å². The van der Waals surface area contributed by atoms with Crippen molar-refractivity contribution in [1.82, 2.24) is 20.0 Å². The summed E-state index contributed by atoms with van der Waals surface area (Å²) in [6, 6.07) is 7.28. The van der Waals surface area contributed by atoms with Crippen LogP contribution in [0.5, 0.6) is 0 Å². The zero-order valence-electron chi connectivity index (χ0n) is 16.0. The second-order valence-corrected chi connectivity index (χ2v) is 8.84. The molecule has 1 saturated carbocycles. The summed E-state index contributed by atoms with van der Waals surface area (Å²) in [6.07, 6.45) is 1.96. The minimum Gasteiger partial charge on any atom is -0.365 e. The number of hydrogen-bond donors (Lipinski definition) is 2. The van der Waals surface area contributed by atoms with Crippen molar-refractivity contribution in [1.29, 1.82) is 0 Å². The molecule has 1 fully saturated rings. The second-order valence-electron chi connectivity index (χ2n) is 8.41. The Hall–Kier alpha value is -2.54. The van der Waals surface area contributed by atoms with E-state index in [0.717, 1.165) is 18.4 Å². The highest BCUT2D eigenvalue weighted by molar-refractivity contribution is 6.30. The molecule has 8 heteroatoms. The molecule has 0 spiro atoms. The predicted molar refractivity (Wildman–Crippen MR) is 107 cm³/mol. The highest BCUT2D eigenvalue weighted by Gasteiger charge is 2.38. The zero-order valence-corrected chi connectivity index (χ0v) is 16.8. The number of nitrogens with one attached hydrogen (secondary N) is 1. The number of carbonyl (C=O) groups is 2. The number of amides is 3. The van der Waals surface area contributed by atoms with Gasteiger partial charge >= 0.3 is 6.03 Å². The van der Waals surface area contributed by atoms with Crippen molar-refractivity contribution in [2.75, 3.05) is 6.54 Å². The maximum absolute atomic E-state index is 12.7. The summed E-state index contributed by atoms with van der Waals surface area (Å²) in [5.74, 6) is -0.556. The first-order valence-electron chi connectivity index (χ1n) is 9.44. The molecule has 0 atom stereocenters. The number of halogens is 1. The topological polar surface area (TPSA) is 93.2 Å². The summed E-state index contributed by atoms with van der Waals surface area (Å²) >= 11 is 6.09. The van der Waals surface area contributed by atoms with E-state index in [1.165, 1.54) is 0 Å². The molecule has 3 N–H and O–H groups in total. The Morgan fingerprint density at radius 1 is 1.29 bits per heavy atom. The number of aromatic nitrogens is 2. The number of hydrogen-bond acceptors (Lipinski definition) is 3. The summed E-state index contributed by atoms with van der Waals surface area (Å²) in [4.78, 5) is 26.6. The van der Waals surface area contributed by atoms with E-state index in [-0.39, 0.29) is 12.1 Å². The lowest BCUT2D eigenvalue weighted by molar-refractivity contribution is 0.0994. The molecule has 1 aromatic heterocycles. The van der Waals surface area contributed by atoms with Crippen LogP contribution in [0.2, 0.25) is 5.02 Å². The van der Waals surface area contributed by atoms with Crippen molar-refractivity contribution >= 4 is 23.5 Å². The van der Waals surface area contributed by atoms with Crippen LogP contribution in [0.4, 0.5) is 4.79 Å². The lowest BCUT2D eigenvalue weighted by Crippen LogP contribution is -2.53. The van der Waals surface area contributed by atoms with Crippen molar-refractivity contribution in [3.8, 4) is 11.3 Å². The highest BCUT2D eigenvalue weighted by Crippen LogP contribution is 2.40. The Balaban J connectivity index is 1.58. The lowest BCUT2D eigenvalue weighted by atomic mass is 9.68. The number of benzene rings is 1. The molecule has 1 aromatic carbocycles. The Bertz CT molecular complexity index is 944. The van der Waals surface area contributed by atoms with Crippen LogP contribution < -0.4 is 11.1 Å². The summed E-state index contributed by atoms with van der Waals surface area (Å²) in [7, 11) is 0. The average molecular weight is 402 g/mol. The van der Waals surface area contributed by atoms with Crippen LogP contribution in [0.15, 0.2) is 24.3 Å². The van der Waals surface area contributed by atoms with E-state index in [1.54, 1.807) is 27.8 Å². The summed E-state index contributed by atoms with van der Waals surface area (Å²) in [5, 5.41) is 8.23. The first-order chi connectivity index (χ1) is 13.2. The molecule has 148 valence electrons. The third-order valence-corrected chi connectivity index (χ3v) is 5.77. The molecule has 0 saturated heterocycles. The van der Waals surface area contributed by atoms with Crippen molar-refractivity contribution in [2.24, 2.45) is 11.1 Å². The molecule has 0 bridgehead atoms. The first kappa shape index (κ1) is 18.8. The maximum atomic E-state index is 12.7. The van der Waals surface area contributed by atoms with Gasteiger partial charge in [-0.25, -0.2) is 4.79 Å². The van der Waals surface area contributed by atoms with Crippen LogP contribution in [0.25, 0.3) is 11.3 Å². The second kappa shape index (κ2) is 6.81. The van der Waals surface area contributed by atoms with E-state index in [0.29, 0.717) is 47.0 Å². The van der Waals surface area contributed by atoms with Gasteiger partial charge in [-0.1, -0.05) is 37.6 Å². The van der Waals surface area contributed by atoms with Gasteiger partial charge in [-0.3, -0.25) is 9.48 Å². The van der Waals surface area contributed by atoms with Gasteiger partial charge in [-0.05, 0) is 30.4 Å². The van der Waals surface area contributed by atoms with Crippen LogP contribution in [-0.4, -0.2) is 39.2 Å². The standard InChI is InChI=1S/C20H24ClN5O2/c1-20(2)9-14(10-20)23-19(28)25-6-7-26-15(11-25)16(18(22)27)17(24-26)12-4-3-5-13(21)8-12/h3-5,8,14H,6-7,9-11H2,1-2H3,(H2,22,27)(H,23,28). The Morgan fingerprint density at radius 3 is 2.68 bits per heavy atom. The molecule has 28 heavy (non-hydrogen) atoms. The Kier molecular flexibility index (Phi) is 4.57. The number of nitrogens with zero attached hydrogens (tertiary/aromatic N) is 3. The van der Waals surface area contributed by atoms with Crippen LogP contribution in [0.3, 0.4) is 0 Å². The molecule has 1 aliphatic carbocycles. The van der Waals surface area contributed by atoms with Crippen LogP contribution >= 0.6 is 11.6 Å². The van der Waals surface area contributed by atoms with Gasteiger partial charge in [0.1, 0.15) is 5.69 Å². The van der Waals surface area contributed by atoms with E-state index in [2.05, 4.69) is 24.3 Å². The number of urea groups is 1. The molecular weight excluding hydrogens is 378 g/mol. The van der Waals surface area contributed by atoms with Crippen LogP contribution in [0.1, 0.15) is 42.7 Å². The SMILES string of the molecule is CC1(C)CC(NC(=O)N2CCn3nc(-c4cccc(Cl)c4)c(C(N)=O)c3C2)C1. The van der Waals surface area contributed by atoms with Gasteiger partial charge in [0.15, 0.2) is 0 Å². The minimum atomic E-state index is -0.556. The van der Waals surface area contributed by atoms with E-state index >= 15 is 0 Å². The van der Waals surface area contributed by atoms with Gasteiger partial charge in [0.25, 0.3) is 5.91 Å². The molecule has 4 rings (SSSR count). The highest BCUT2D eigenvalue weighted by atomic mass is 35.5. The summed E-state index contributed by atoms with van der Waals surface area (Å²) < 4.78 is 1.77. The van der Waals surface area contributed by atoms with E-state index in [1.807, 2.05) is 6.07 Å². The predicted octanol–water partition coefficient (Wildman–Crippen LogP) is 3.02. The van der Waals surface area contributed by atoms with Crippen molar-refractivity contribution in [3.63, 3.8) is 0 Å². The van der Waals surface area contributed by atoms with E-state index < -0.39 is 5.91 Å². The third-order valence-electron chi connectivity index (χ3n) is 5.54. The molecule has 2 aliphatic rings. The average Bonchev–Trinajstić information content (AvgIpc) is 2.99. The maximum Gasteiger partial charge on any atom is 0.318 e. The van der Waals surface area contributed by atoms with Gasteiger partial charge in [0.05, 0.1) is 24.3 Å². The molecule has 3 amide bonds. The molecule has 0 radical (unpaired) electrons. The number of nitrogens with two attached hydrogens (primary N) is 1. The van der Waals surface area contributed by atoms with Crippen LogP contribution in [0, 0.1) is 5.41 Å². The quantitative estimate of drug-likeness (QED) is 0.827. The normalized spacial score (nSPS) is 18.3. The molecular formula is C20H24ClN5O2. The van der Waals surface area contributed by atoms with Gasteiger partial charge in [-0.2, -0.15) is 5.10 Å². The molecule has 2 aromatic rings. The molecule has 7 nitrogen and oxygen atoms in total. The fourth-order valence-electron chi connectivity index (χ4n) is 4.23. The van der Waals surface area contributed by atoms with Gasteiger partial charge in [0, 0.05) is 23.2 Å². The van der Waals surface area contributed by atoms with Gasteiger partial charge in [0.2, 0.25) is 0 Å². The smallest absolute Gasteiger partial charge is 0.318 e. The number of primary amides is 1.